The normalized spacial score (nSPS) is 9.82. The molecule has 0 heterocycles. The number of halogens is 1. The smallest absolute Gasteiger partial charge is 0.167 e. The predicted molar refractivity (Wildman–Crippen MR) is 42.4 cm³/mol. The Bertz CT molecular complexity index is 269. The maximum atomic E-state index is 13.1. The fourth-order valence-corrected chi connectivity index (χ4v) is 1.06. The van der Waals surface area contributed by atoms with Crippen molar-refractivity contribution in [1.82, 2.24) is 0 Å². The van der Waals surface area contributed by atoms with Gasteiger partial charge in [0, 0.05) is 0 Å². The third-order valence-electron chi connectivity index (χ3n) is 1.59. The summed E-state index contributed by atoms with van der Waals surface area (Å²) in [6.07, 6.45) is 0. The van der Waals surface area contributed by atoms with Crippen molar-refractivity contribution in [1.29, 1.82) is 0 Å². The zero-order valence-corrected chi connectivity index (χ0v) is 6.94. The van der Waals surface area contributed by atoms with Crippen molar-refractivity contribution in [3.05, 3.63) is 29.1 Å². The number of hydrogen-bond acceptors (Lipinski definition) is 1. The van der Waals surface area contributed by atoms with Crippen LogP contribution < -0.4 is 4.74 Å². The van der Waals surface area contributed by atoms with E-state index in [4.69, 9.17) is 4.74 Å². The molecule has 1 aromatic carbocycles. The van der Waals surface area contributed by atoms with Gasteiger partial charge in [-0.1, -0.05) is 6.07 Å². The molecule has 0 N–H and O–H groups in total. The van der Waals surface area contributed by atoms with Crippen LogP contribution in [0.15, 0.2) is 12.1 Å². The molecular formula is C9H11FO. The van der Waals surface area contributed by atoms with Gasteiger partial charge < -0.3 is 4.74 Å². The quantitative estimate of drug-likeness (QED) is 0.603. The lowest BCUT2D eigenvalue weighted by molar-refractivity contribution is 0.384. The molecule has 0 atom stereocenters. The van der Waals surface area contributed by atoms with E-state index in [0.29, 0.717) is 11.3 Å². The summed E-state index contributed by atoms with van der Waals surface area (Å²) in [5.41, 5.74) is 1.64. The molecule has 0 spiro atoms. The van der Waals surface area contributed by atoms with E-state index >= 15 is 0 Å². The van der Waals surface area contributed by atoms with Crippen LogP contribution in [-0.2, 0) is 0 Å². The second kappa shape index (κ2) is 2.91. The Hall–Kier alpha value is -1.05. The standard InChI is InChI=1S/C9H11FO/c1-6-4-7(2)9(10)8(5-6)11-3/h4-5H,1-3H3. The van der Waals surface area contributed by atoms with E-state index in [1.54, 1.807) is 19.1 Å². The van der Waals surface area contributed by atoms with Crippen LogP contribution in [0.2, 0.25) is 0 Å². The van der Waals surface area contributed by atoms with Crippen LogP contribution in [0.4, 0.5) is 4.39 Å². The Morgan fingerprint density at radius 2 is 1.91 bits per heavy atom. The summed E-state index contributed by atoms with van der Waals surface area (Å²) in [6.45, 7) is 3.64. The van der Waals surface area contributed by atoms with Crippen molar-refractivity contribution in [2.45, 2.75) is 13.8 Å². The van der Waals surface area contributed by atoms with Gasteiger partial charge in [0.2, 0.25) is 0 Å². The molecule has 1 aromatic rings. The molecule has 0 radical (unpaired) electrons. The van der Waals surface area contributed by atoms with E-state index in [1.807, 2.05) is 6.92 Å². The summed E-state index contributed by atoms with van der Waals surface area (Å²) in [5.74, 6) is 0.0561. The Kier molecular flexibility index (Phi) is 2.13. The van der Waals surface area contributed by atoms with Gasteiger partial charge in [-0.2, -0.15) is 0 Å². The van der Waals surface area contributed by atoms with E-state index in [-0.39, 0.29) is 5.82 Å². The summed E-state index contributed by atoms with van der Waals surface area (Å²) in [5, 5.41) is 0. The monoisotopic (exact) mass is 154 g/mol. The summed E-state index contributed by atoms with van der Waals surface area (Å²) < 4.78 is 17.9. The average molecular weight is 154 g/mol. The van der Waals surface area contributed by atoms with E-state index < -0.39 is 0 Å². The fourth-order valence-electron chi connectivity index (χ4n) is 1.06. The van der Waals surface area contributed by atoms with Crippen LogP contribution in [0.5, 0.6) is 5.75 Å². The highest BCUT2D eigenvalue weighted by Crippen LogP contribution is 2.21. The van der Waals surface area contributed by atoms with Gasteiger partial charge in [-0.3, -0.25) is 0 Å². The topological polar surface area (TPSA) is 9.23 Å². The lowest BCUT2D eigenvalue weighted by Gasteiger charge is -2.04. The van der Waals surface area contributed by atoms with Crippen LogP contribution in [0.3, 0.4) is 0 Å². The molecule has 0 aliphatic rings. The highest BCUT2D eigenvalue weighted by molar-refractivity contribution is 5.34. The molecule has 0 saturated heterocycles. The van der Waals surface area contributed by atoms with Gasteiger partial charge >= 0.3 is 0 Å². The van der Waals surface area contributed by atoms with Gasteiger partial charge in [0.05, 0.1) is 7.11 Å². The van der Waals surface area contributed by atoms with Crippen molar-refractivity contribution < 1.29 is 9.13 Å². The summed E-state index contributed by atoms with van der Waals surface area (Å²) >= 11 is 0. The zero-order chi connectivity index (χ0) is 8.43. The minimum atomic E-state index is -0.266. The highest BCUT2D eigenvalue weighted by Gasteiger charge is 2.05. The van der Waals surface area contributed by atoms with Crippen LogP contribution >= 0.6 is 0 Å². The zero-order valence-electron chi connectivity index (χ0n) is 6.94. The first kappa shape index (κ1) is 8.05. The van der Waals surface area contributed by atoms with Gasteiger partial charge in [-0.05, 0) is 31.0 Å². The van der Waals surface area contributed by atoms with E-state index in [9.17, 15) is 4.39 Å². The van der Waals surface area contributed by atoms with Crippen LogP contribution in [0.1, 0.15) is 11.1 Å². The molecule has 2 heteroatoms. The van der Waals surface area contributed by atoms with Crippen molar-refractivity contribution >= 4 is 0 Å². The van der Waals surface area contributed by atoms with Gasteiger partial charge in [0.15, 0.2) is 11.6 Å². The van der Waals surface area contributed by atoms with Gasteiger partial charge in [-0.25, -0.2) is 4.39 Å². The minimum Gasteiger partial charge on any atom is -0.494 e. The second-order valence-corrected chi connectivity index (χ2v) is 2.60. The molecule has 0 aliphatic carbocycles. The van der Waals surface area contributed by atoms with Gasteiger partial charge in [0.1, 0.15) is 0 Å². The Balaban J connectivity index is 3.24. The molecule has 60 valence electrons. The van der Waals surface area contributed by atoms with Crippen molar-refractivity contribution in [3.63, 3.8) is 0 Å². The molecule has 0 fully saturated rings. The number of benzene rings is 1. The third kappa shape index (κ3) is 1.50. The molecule has 0 aliphatic heterocycles. The predicted octanol–water partition coefficient (Wildman–Crippen LogP) is 2.45. The molecule has 0 saturated carbocycles. The summed E-state index contributed by atoms with van der Waals surface area (Å²) in [6, 6.07) is 3.47. The molecule has 1 rings (SSSR count). The Morgan fingerprint density at radius 3 is 2.45 bits per heavy atom. The van der Waals surface area contributed by atoms with Crippen LogP contribution in [0, 0.1) is 19.7 Å². The molecule has 1 nitrogen and oxygen atoms in total. The molecule has 0 bridgehead atoms. The van der Waals surface area contributed by atoms with Crippen molar-refractivity contribution in [3.8, 4) is 5.75 Å². The lowest BCUT2D eigenvalue weighted by Crippen LogP contribution is -1.91. The van der Waals surface area contributed by atoms with Crippen molar-refractivity contribution in [2.75, 3.05) is 7.11 Å². The number of aryl methyl sites for hydroxylation is 2. The number of methoxy groups -OCH3 is 1. The van der Waals surface area contributed by atoms with E-state index in [0.717, 1.165) is 5.56 Å². The maximum Gasteiger partial charge on any atom is 0.167 e. The fraction of sp³-hybridized carbons (Fsp3) is 0.333. The third-order valence-corrected chi connectivity index (χ3v) is 1.59. The van der Waals surface area contributed by atoms with E-state index in [1.165, 1.54) is 7.11 Å². The summed E-state index contributed by atoms with van der Waals surface area (Å²) in [4.78, 5) is 0. The van der Waals surface area contributed by atoms with Gasteiger partial charge in [0.25, 0.3) is 0 Å². The molecule has 0 unspecified atom stereocenters. The lowest BCUT2D eigenvalue weighted by atomic mass is 10.1. The number of hydrogen-bond donors (Lipinski definition) is 0. The Labute approximate surface area is 65.8 Å². The molecular weight excluding hydrogens is 143 g/mol. The molecule has 11 heavy (non-hydrogen) atoms. The van der Waals surface area contributed by atoms with E-state index in [2.05, 4.69) is 0 Å². The SMILES string of the molecule is COc1cc(C)cc(C)c1F. The van der Waals surface area contributed by atoms with Crippen LogP contribution in [-0.4, -0.2) is 7.11 Å². The maximum absolute atomic E-state index is 13.1. The first-order valence-electron chi connectivity index (χ1n) is 3.46. The van der Waals surface area contributed by atoms with Gasteiger partial charge in [-0.15, -0.1) is 0 Å². The number of rotatable bonds is 1. The minimum absolute atomic E-state index is 0.266. The molecule has 0 aromatic heterocycles. The summed E-state index contributed by atoms with van der Waals surface area (Å²) in [7, 11) is 1.47. The first-order chi connectivity index (χ1) is 5.15. The second-order valence-electron chi connectivity index (χ2n) is 2.60. The average Bonchev–Trinajstić information content (AvgIpc) is 1.96. The first-order valence-corrected chi connectivity index (χ1v) is 3.46. The largest absolute Gasteiger partial charge is 0.494 e. The highest BCUT2D eigenvalue weighted by atomic mass is 19.1. The Morgan fingerprint density at radius 1 is 1.27 bits per heavy atom. The number of ether oxygens (including phenoxy) is 1. The molecule has 0 amide bonds. The van der Waals surface area contributed by atoms with Crippen molar-refractivity contribution in [2.24, 2.45) is 0 Å². The van der Waals surface area contributed by atoms with Crippen LogP contribution in [0.25, 0.3) is 0 Å².